The molecule has 2 rings (SSSR count). The number of aromatic nitrogens is 1. The van der Waals surface area contributed by atoms with E-state index >= 15 is 0 Å². The molecule has 0 radical (unpaired) electrons. The Kier molecular flexibility index (Phi) is 5.23. The van der Waals surface area contributed by atoms with Crippen molar-refractivity contribution in [3.8, 4) is 0 Å². The van der Waals surface area contributed by atoms with Crippen molar-refractivity contribution in [2.75, 3.05) is 38.6 Å². The van der Waals surface area contributed by atoms with Crippen LogP contribution in [-0.4, -0.2) is 49.5 Å². The Labute approximate surface area is 128 Å². The second kappa shape index (κ2) is 6.74. The predicted molar refractivity (Wildman–Crippen MR) is 83.5 cm³/mol. The molecule has 1 amide bonds. The summed E-state index contributed by atoms with van der Waals surface area (Å²) in [5.41, 5.74) is 0. The fourth-order valence-electron chi connectivity index (χ4n) is 2.32. The van der Waals surface area contributed by atoms with Gasteiger partial charge in [-0.1, -0.05) is 22.9 Å². The number of hydrogen-bond acceptors (Lipinski definition) is 5. The average Bonchev–Trinajstić information content (AvgIpc) is 2.98. The number of likely N-dealkylation sites (tertiary alicyclic amines) is 1. The van der Waals surface area contributed by atoms with Crippen LogP contribution in [0.3, 0.4) is 0 Å². The third kappa shape index (κ3) is 3.62. The number of amides is 1. The summed E-state index contributed by atoms with van der Waals surface area (Å²) in [7, 11) is 3.92. The molecular weight excluding hydrogens is 296 g/mol. The molecule has 0 aliphatic carbocycles. The molecule has 1 N–H and O–H groups in total. The minimum Gasteiger partial charge on any atom is -0.356 e. The van der Waals surface area contributed by atoms with Gasteiger partial charge in [-0.3, -0.25) is 9.69 Å². The van der Waals surface area contributed by atoms with Crippen LogP contribution in [0.15, 0.2) is 0 Å². The van der Waals surface area contributed by atoms with Crippen LogP contribution in [0.2, 0.25) is 5.15 Å². The largest absolute Gasteiger partial charge is 0.356 e. The maximum atomic E-state index is 11.8. The zero-order valence-corrected chi connectivity index (χ0v) is 13.7. The Morgan fingerprint density at radius 3 is 2.95 bits per heavy atom. The van der Waals surface area contributed by atoms with Crippen LogP contribution in [0.5, 0.6) is 0 Å². The summed E-state index contributed by atoms with van der Waals surface area (Å²) >= 11 is 7.80. The maximum absolute atomic E-state index is 11.8. The first-order valence-corrected chi connectivity index (χ1v) is 8.03. The van der Waals surface area contributed by atoms with Crippen molar-refractivity contribution in [1.29, 1.82) is 0 Å². The van der Waals surface area contributed by atoms with Gasteiger partial charge in [0.05, 0.1) is 10.8 Å². The summed E-state index contributed by atoms with van der Waals surface area (Å²) in [6.07, 6.45) is 0.919. The topological polar surface area (TPSA) is 48.5 Å². The maximum Gasteiger partial charge on any atom is 0.224 e. The van der Waals surface area contributed by atoms with Gasteiger partial charge < -0.3 is 10.2 Å². The van der Waals surface area contributed by atoms with Gasteiger partial charge in [0.15, 0.2) is 5.13 Å². The highest BCUT2D eigenvalue weighted by atomic mass is 35.5. The molecule has 0 spiro atoms. The molecule has 7 heteroatoms. The van der Waals surface area contributed by atoms with E-state index in [1.54, 1.807) is 11.3 Å². The molecule has 0 bridgehead atoms. The lowest BCUT2D eigenvalue weighted by molar-refractivity contribution is -0.124. The lowest BCUT2D eigenvalue weighted by atomic mass is 10.1. The van der Waals surface area contributed by atoms with E-state index in [1.807, 2.05) is 25.9 Å². The number of nitrogens with one attached hydrogen (secondary N) is 1. The molecule has 1 atom stereocenters. The number of carbonyl (C=O) groups excluding carboxylic acids is 1. The summed E-state index contributed by atoms with van der Waals surface area (Å²) in [6.45, 7) is 5.16. The number of thiazole rings is 1. The number of anilines is 1. The smallest absolute Gasteiger partial charge is 0.224 e. The Morgan fingerprint density at radius 2 is 2.35 bits per heavy atom. The van der Waals surface area contributed by atoms with Crippen molar-refractivity contribution in [3.63, 3.8) is 0 Å². The first-order valence-electron chi connectivity index (χ1n) is 6.83. The van der Waals surface area contributed by atoms with Crippen molar-refractivity contribution in [2.24, 2.45) is 5.92 Å². The van der Waals surface area contributed by atoms with Crippen molar-refractivity contribution in [1.82, 2.24) is 15.2 Å². The fraction of sp³-hybridized carbons (Fsp3) is 0.692. The summed E-state index contributed by atoms with van der Waals surface area (Å²) in [4.78, 5) is 21.5. The Hall–Kier alpha value is -0.850. The number of nitrogens with zero attached hydrogens (tertiary/aromatic N) is 3. The van der Waals surface area contributed by atoms with Crippen molar-refractivity contribution in [2.45, 2.75) is 19.9 Å². The van der Waals surface area contributed by atoms with Gasteiger partial charge in [-0.15, -0.1) is 0 Å². The molecule has 0 unspecified atom stereocenters. The zero-order valence-electron chi connectivity index (χ0n) is 12.1. The van der Waals surface area contributed by atoms with Crippen LogP contribution < -0.4 is 10.2 Å². The highest BCUT2D eigenvalue weighted by Crippen LogP contribution is 2.31. The first kappa shape index (κ1) is 15.5. The molecule has 2 heterocycles. The van der Waals surface area contributed by atoms with Crippen LogP contribution >= 0.6 is 22.9 Å². The summed E-state index contributed by atoms with van der Waals surface area (Å²) < 4.78 is 0. The molecule has 1 saturated heterocycles. The molecule has 1 aromatic rings. The fourth-order valence-corrected chi connectivity index (χ4v) is 3.54. The summed E-state index contributed by atoms with van der Waals surface area (Å²) in [6, 6.07) is 0. The second-order valence-electron chi connectivity index (χ2n) is 5.22. The third-order valence-corrected chi connectivity index (χ3v) is 5.01. The molecule has 5 nitrogen and oxygen atoms in total. The quantitative estimate of drug-likeness (QED) is 0.900. The van der Waals surface area contributed by atoms with Gasteiger partial charge in [0, 0.05) is 33.7 Å². The summed E-state index contributed by atoms with van der Waals surface area (Å²) in [5.74, 6) is 0.273. The van der Waals surface area contributed by atoms with Crippen molar-refractivity contribution in [3.05, 3.63) is 10.0 Å². The van der Waals surface area contributed by atoms with E-state index in [0.29, 0.717) is 11.7 Å². The SMILES string of the molecule is CCNC(=O)[C@H]1CCN(Cc2sc(N(C)C)nc2Cl)C1. The van der Waals surface area contributed by atoms with Crippen LogP contribution in [0.4, 0.5) is 5.13 Å². The normalized spacial score (nSPS) is 19.3. The van der Waals surface area contributed by atoms with E-state index in [1.165, 1.54) is 0 Å². The number of hydrogen-bond donors (Lipinski definition) is 1. The van der Waals surface area contributed by atoms with Crippen LogP contribution in [-0.2, 0) is 11.3 Å². The monoisotopic (exact) mass is 316 g/mol. The average molecular weight is 317 g/mol. The molecule has 1 aliphatic heterocycles. The van der Waals surface area contributed by atoms with E-state index < -0.39 is 0 Å². The van der Waals surface area contributed by atoms with Gasteiger partial charge in [0.2, 0.25) is 5.91 Å². The van der Waals surface area contributed by atoms with E-state index in [2.05, 4.69) is 15.2 Å². The van der Waals surface area contributed by atoms with Crippen LogP contribution in [0, 0.1) is 5.92 Å². The lowest BCUT2D eigenvalue weighted by Crippen LogP contribution is -2.32. The number of rotatable bonds is 5. The lowest BCUT2D eigenvalue weighted by Gasteiger charge is -2.14. The Balaban J connectivity index is 1.93. The van der Waals surface area contributed by atoms with E-state index in [-0.39, 0.29) is 11.8 Å². The Morgan fingerprint density at radius 1 is 1.60 bits per heavy atom. The van der Waals surface area contributed by atoms with Gasteiger partial charge in [-0.2, -0.15) is 0 Å². The number of halogens is 1. The summed E-state index contributed by atoms with van der Waals surface area (Å²) in [5, 5.41) is 4.40. The first-order chi connectivity index (χ1) is 9.51. The Bertz CT molecular complexity index is 477. The minimum atomic E-state index is 0.106. The highest BCUT2D eigenvalue weighted by molar-refractivity contribution is 7.16. The van der Waals surface area contributed by atoms with Gasteiger partial charge in [-0.05, 0) is 19.9 Å². The van der Waals surface area contributed by atoms with E-state index in [9.17, 15) is 4.79 Å². The molecule has 20 heavy (non-hydrogen) atoms. The minimum absolute atomic E-state index is 0.106. The van der Waals surface area contributed by atoms with Gasteiger partial charge in [-0.25, -0.2) is 4.98 Å². The van der Waals surface area contributed by atoms with Crippen molar-refractivity contribution >= 4 is 34.0 Å². The van der Waals surface area contributed by atoms with E-state index in [4.69, 9.17) is 11.6 Å². The van der Waals surface area contributed by atoms with Crippen LogP contribution in [0.1, 0.15) is 18.2 Å². The van der Waals surface area contributed by atoms with Gasteiger partial charge in [0.1, 0.15) is 5.15 Å². The highest BCUT2D eigenvalue weighted by Gasteiger charge is 2.28. The molecule has 1 aromatic heterocycles. The third-order valence-electron chi connectivity index (χ3n) is 3.38. The molecule has 1 aliphatic rings. The zero-order chi connectivity index (χ0) is 14.7. The molecule has 0 saturated carbocycles. The molecule has 0 aromatic carbocycles. The second-order valence-corrected chi connectivity index (χ2v) is 6.64. The number of carbonyl (C=O) groups is 1. The van der Waals surface area contributed by atoms with Crippen LogP contribution in [0.25, 0.3) is 0 Å². The van der Waals surface area contributed by atoms with Crippen molar-refractivity contribution < 1.29 is 4.79 Å². The van der Waals surface area contributed by atoms with Gasteiger partial charge >= 0.3 is 0 Å². The van der Waals surface area contributed by atoms with E-state index in [0.717, 1.165) is 36.1 Å². The standard InChI is InChI=1S/C13H21ClN4OS/c1-4-15-12(19)9-5-6-18(7-9)8-10-11(14)16-13(20-10)17(2)3/h9H,4-8H2,1-3H3,(H,15,19)/t9-/m0/s1. The van der Waals surface area contributed by atoms with Gasteiger partial charge in [0.25, 0.3) is 0 Å². The molecule has 112 valence electrons. The molecule has 1 fully saturated rings. The predicted octanol–water partition coefficient (Wildman–Crippen LogP) is 1.82. The molecular formula is C13H21ClN4OS.